The largest absolute Gasteiger partial charge is 0.398 e. The second-order valence-electron chi connectivity index (χ2n) is 5.53. The predicted octanol–water partition coefficient (Wildman–Crippen LogP) is 0.785. The number of carbonyl (C=O) groups excluding carboxylic acids is 1. The molecule has 1 aliphatic carbocycles. The Kier molecular flexibility index (Phi) is 4.25. The van der Waals surface area contributed by atoms with Gasteiger partial charge in [0.05, 0.1) is 11.4 Å². The molecule has 0 bridgehead atoms. The topological polar surface area (TPSA) is 92.5 Å². The van der Waals surface area contributed by atoms with Gasteiger partial charge in [0.25, 0.3) is 0 Å². The van der Waals surface area contributed by atoms with Gasteiger partial charge in [-0.1, -0.05) is 6.07 Å². The van der Waals surface area contributed by atoms with E-state index in [0.717, 1.165) is 17.1 Å². The van der Waals surface area contributed by atoms with Crippen LogP contribution in [0.1, 0.15) is 24.0 Å². The molecule has 116 valence electrons. The van der Waals surface area contributed by atoms with E-state index in [1.54, 1.807) is 26.0 Å². The lowest BCUT2D eigenvalue weighted by atomic mass is 10.1. The Bertz CT molecular complexity index is 666. The van der Waals surface area contributed by atoms with Crippen LogP contribution in [0.25, 0.3) is 0 Å². The number of nitrogen functional groups attached to an aromatic ring is 1. The van der Waals surface area contributed by atoms with Gasteiger partial charge in [-0.05, 0) is 43.9 Å². The zero-order valence-electron chi connectivity index (χ0n) is 12.5. The van der Waals surface area contributed by atoms with Crippen molar-refractivity contribution in [3.63, 3.8) is 0 Å². The highest BCUT2D eigenvalue weighted by Crippen LogP contribution is 2.27. The van der Waals surface area contributed by atoms with Crippen LogP contribution in [0.2, 0.25) is 0 Å². The van der Waals surface area contributed by atoms with Crippen LogP contribution in [-0.4, -0.2) is 38.3 Å². The summed E-state index contributed by atoms with van der Waals surface area (Å²) in [5.74, 6) is -0.275. The first kappa shape index (κ1) is 15.8. The third-order valence-corrected chi connectivity index (χ3v) is 5.72. The number of sulfonamides is 1. The molecule has 1 aromatic rings. The molecular weight excluding hydrogens is 290 g/mol. The lowest BCUT2D eigenvalue weighted by molar-refractivity contribution is -0.121. The molecule has 1 fully saturated rings. The van der Waals surface area contributed by atoms with E-state index in [1.807, 2.05) is 0 Å². The molecule has 0 aliphatic heterocycles. The van der Waals surface area contributed by atoms with Crippen LogP contribution < -0.4 is 11.1 Å². The van der Waals surface area contributed by atoms with Gasteiger partial charge in [-0.15, -0.1) is 0 Å². The fraction of sp³-hybridized carbons (Fsp3) is 0.500. The van der Waals surface area contributed by atoms with Gasteiger partial charge >= 0.3 is 0 Å². The van der Waals surface area contributed by atoms with Crippen LogP contribution in [0.4, 0.5) is 5.69 Å². The van der Waals surface area contributed by atoms with E-state index >= 15 is 0 Å². The summed E-state index contributed by atoms with van der Waals surface area (Å²) in [4.78, 5) is 12.0. The summed E-state index contributed by atoms with van der Waals surface area (Å²) in [6, 6.07) is 3.57. The first-order valence-corrected chi connectivity index (χ1v) is 8.29. The molecule has 0 atom stereocenters. The van der Waals surface area contributed by atoms with Crippen LogP contribution in [-0.2, 0) is 14.8 Å². The van der Waals surface area contributed by atoms with Crippen molar-refractivity contribution in [1.29, 1.82) is 0 Å². The van der Waals surface area contributed by atoms with Gasteiger partial charge in [0.2, 0.25) is 15.9 Å². The van der Waals surface area contributed by atoms with Crippen LogP contribution in [0.15, 0.2) is 17.0 Å². The fourth-order valence-electron chi connectivity index (χ4n) is 2.18. The lowest BCUT2D eigenvalue weighted by Gasteiger charge is -2.20. The van der Waals surface area contributed by atoms with Gasteiger partial charge in [0.1, 0.15) is 0 Å². The number of aryl methyl sites for hydroxylation is 1. The number of rotatable bonds is 5. The normalized spacial score (nSPS) is 15.2. The quantitative estimate of drug-likeness (QED) is 0.786. The second kappa shape index (κ2) is 5.65. The summed E-state index contributed by atoms with van der Waals surface area (Å²) in [5.41, 5.74) is 7.36. The Morgan fingerprint density at radius 1 is 1.38 bits per heavy atom. The zero-order valence-corrected chi connectivity index (χ0v) is 13.3. The van der Waals surface area contributed by atoms with Crippen molar-refractivity contribution in [1.82, 2.24) is 9.62 Å². The number of carbonyl (C=O) groups is 1. The summed E-state index contributed by atoms with van der Waals surface area (Å²) in [6.07, 6.45) is 1.94. The summed E-state index contributed by atoms with van der Waals surface area (Å²) >= 11 is 0. The number of likely N-dealkylation sites (N-methyl/N-ethyl adjacent to an activating group) is 1. The van der Waals surface area contributed by atoms with Gasteiger partial charge in [-0.2, -0.15) is 4.31 Å². The van der Waals surface area contributed by atoms with Crippen LogP contribution in [0, 0.1) is 13.8 Å². The molecule has 1 amide bonds. The minimum absolute atomic E-state index is 0.184. The average molecular weight is 311 g/mol. The summed E-state index contributed by atoms with van der Waals surface area (Å²) in [6.45, 7) is 3.21. The molecule has 0 radical (unpaired) electrons. The molecular formula is C14H21N3O3S. The monoisotopic (exact) mass is 311 g/mol. The van der Waals surface area contributed by atoms with E-state index in [4.69, 9.17) is 5.73 Å². The number of hydrogen-bond donors (Lipinski definition) is 2. The Morgan fingerprint density at radius 3 is 2.57 bits per heavy atom. The van der Waals surface area contributed by atoms with Crippen LogP contribution in [0.3, 0.4) is 0 Å². The van der Waals surface area contributed by atoms with Crippen molar-refractivity contribution in [2.24, 2.45) is 0 Å². The van der Waals surface area contributed by atoms with Crippen molar-refractivity contribution in [3.8, 4) is 0 Å². The molecule has 7 heteroatoms. The fourth-order valence-corrected chi connectivity index (χ4v) is 3.76. The summed E-state index contributed by atoms with van der Waals surface area (Å²) in [5, 5.41) is 2.78. The van der Waals surface area contributed by atoms with E-state index in [2.05, 4.69) is 5.32 Å². The third-order valence-electron chi connectivity index (χ3n) is 3.62. The Balaban J connectivity index is 2.24. The molecule has 3 N–H and O–H groups in total. The minimum Gasteiger partial charge on any atom is -0.398 e. The van der Waals surface area contributed by atoms with E-state index in [9.17, 15) is 13.2 Å². The smallest absolute Gasteiger partial charge is 0.243 e. The average Bonchev–Trinajstić information content (AvgIpc) is 3.17. The molecule has 21 heavy (non-hydrogen) atoms. The van der Waals surface area contributed by atoms with E-state index in [1.165, 1.54) is 7.05 Å². The van der Waals surface area contributed by atoms with Crippen LogP contribution in [0.5, 0.6) is 0 Å². The molecule has 0 spiro atoms. The highest BCUT2D eigenvalue weighted by Gasteiger charge is 2.29. The zero-order chi connectivity index (χ0) is 15.8. The molecule has 6 nitrogen and oxygen atoms in total. The highest BCUT2D eigenvalue weighted by atomic mass is 32.2. The molecule has 0 heterocycles. The van der Waals surface area contributed by atoms with Gasteiger partial charge in [0.15, 0.2) is 0 Å². The standard InChI is InChI=1S/C14H21N3O3S/c1-9-4-7-12(15)10(2)14(9)21(19,20)17(3)8-13(18)16-11-5-6-11/h4,7,11H,5-6,8,15H2,1-3H3,(H,16,18). The lowest BCUT2D eigenvalue weighted by Crippen LogP contribution is -2.39. The van der Waals surface area contributed by atoms with E-state index in [0.29, 0.717) is 16.8 Å². The predicted molar refractivity (Wildman–Crippen MR) is 81.3 cm³/mol. The van der Waals surface area contributed by atoms with Crippen molar-refractivity contribution in [3.05, 3.63) is 23.3 Å². The maximum atomic E-state index is 12.7. The maximum absolute atomic E-state index is 12.7. The number of anilines is 1. The molecule has 1 aliphatic rings. The van der Waals surface area contributed by atoms with Crippen LogP contribution >= 0.6 is 0 Å². The molecule has 0 aromatic heterocycles. The Hall–Kier alpha value is -1.60. The molecule has 1 aromatic carbocycles. The minimum atomic E-state index is -3.74. The number of amides is 1. The van der Waals surface area contributed by atoms with Crippen molar-refractivity contribution in [2.75, 3.05) is 19.3 Å². The van der Waals surface area contributed by atoms with E-state index < -0.39 is 10.0 Å². The Morgan fingerprint density at radius 2 is 2.00 bits per heavy atom. The van der Waals surface area contributed by atoms with Gasteiger partial charge in [-0.25, -0.2) is 8.42 Å². The van der Waals surface area contributed by atoms with Crippen molar-refractivity contribution in [2.45, 2.75) is 37.6 Å². The van der Waals surface area contributed by atoms with Crippen molar-refractivity contribution < 1.29 is 13.2 Å². The molecule has 1 saturated carbocycles. The molecule has 2 rings (SSSR count). The SMILES string of the molecule is Cc1ccc(N)c(C)c1S(=O)(=O)N(C)CC(=O)NC1CC1. The number of nitrogens with one attached hydrogen (secondary N) is 1. The number of nitrogens with two attached hydrogens (primary N) is 1. The second-order valence-corrected chi connectivity index (χ2v) is 7.51. The summed E-state index contributed by atoms with van der Waals surface area (Å²) in [7, 11) is -2.33. The van der Waals surface area contributed by atoms with Gasteiger partial charge in [-0.3, -0.25) is 4.79 Å². The Labute approximate surface area is 125 Å². The van der Waals surface area contributed by atoms with Gasteiger partial charge < -0.3 is 11.1 Å². The number of hydrogen-bond acceptors (Lipinski definition) is 4. The molecule has 0 unspecified atom stereocenters. The first-order valence-electron chi connectivity index (χ1n) is 6.85. The highest BCUT2D eigenvalue weighted by molar-refractivity contribution is 7.89. The number of benzene rings is 1. The molecule has 0 saturated heterocycles. The maximum Gasteiger partial charge on any atom is 0.243 e. The number of nitrogens with zero attached hydrogens (tertiary/aromatic N) is 1. The first-order chi connectivity index (χ1) is 9.73. The van der Waals surface area contributed by atoms with Gasteiger partial charge in [0, 0.05) is 18.8 Å². The summed E-state index contributed by atoms with van der Waals surface area (Å²) < 4.78 is 26.4. The van der Waals surface area contributed by atoms with Crippen molar-refractivity contribution >= 4 is 21.6 Å². The third kappa shape index (κ3) is 3.36. The van der Waals surface area contributed by atoms with E-state index in [-0.39, 0.29) is 23.4 Å².